The quantitative estimate of drug-likeness (QED) is 0.870. The number of aliphatic hydroxyl groups is 1. The summed E-state index contributed by atoms with van der Waals surface area (Å²) in [5, 5.41) is 12.5. The second-order valence-corrected chi connectivity index (χ2v) is 5.56. The van der Waals surface area contributed by atoms with Crippen molar-refractivity contribution in [3.05, 3.63) is 23.9 Å². The van der Waals surface area contributed by atoms with E-state index in [2.05, 4.69) is 29.0 Å². The number of nitrogens with one attached hydrogen (secondary N) is 1. The summed E-state index contributed by atoms with van der Waals surface area (Å²) in [5.74, 6) is 0.826. The molecule has 1 aromatic heterocycles. The maximum absolute atomic E-state index is 12.2. The van der Waals surface area contributed by atoms with Gasteiger partial charge in [-0.2, -0.15) is 0 Å². The highest BCUT2D eigenvalue weighted by atomic mass is 16.3. The van der Waals surface area contributed by atoms with Crippen molar-refractivity contribution >= 4 is 11.7 Å². The summed E-state index contributed by atoms with van der Waals surface area (Å²) >= 11 is 0. The van der Waals surface area contributed by atoms with Gasteiger partial charge in [-0.3, -0.25) is 4.79 Å². The summed E-state index contributed by atoms with van der Waals surface area (Å²) < 4.78 is 0. The molecule has 0 unspecified atom stereocenters. The van der Waals surface area contributed by atoms with Crippen molar-refractivity contribution in [1.82, 2.24) is 10.3 Å². The molecule has 1 amide bonds. The van der Waals surface area contributed by atoms with Crippen LogP contribution in [0.3, 0.4) is 0 Å². The Balaban J connectivity index is 1.93. The van der Waals surface area contributed by atoms with Crippen LogP contribution in [0.5, 0.6) is 0 Å². The van der Waals surface area contributed by atoms with E-state index in [0.29, 0.717) is 5.56 Å². The predicted octanol–water partition coefficient (Wildman–Crippen LogP) is 1.96. The molecular formula is C16H25N3O2. The van der Waals surface area contributed by atoms with Crippen molar-refractivity contribution in [3.8, 4) is 0 Å². The van der Waals surface area contributed by atoms with Gasteiger partial charge in [-0.05, 0) is 51.7 Å². The summed E-state index contributed by atoms with van der Waals surface area (Å²) in [4.78, 5) is 18.7. The average molecular weight is 291 g/mol. The van der Waals surface area contributed by atoms with Crippen LogP contribution >= 0.6 is 0 Å². The Morgan fingerprint density at radius 1 is 1.29 bits per heavy atom. The molecule has 0 aliphatic heterocycles. The van der Waals surface area contributed by atoms with Crippen LogP contribution in [0.15, 0.2) is 18.3 Å². The minimum Gasteiger partial charge on any atom is -0.393 e. The molecule has 1 aromatic rings. The Morgan fingerprint density at radius 3 is 2.48 bits per heavy atom. The Labute approximate surface area is 126 Å². The molecule has 1 fully saturated rings. The number of nitrogens with zero attached hydrogens (tertiary/aromatic N) is 2. The van der Waals surface area contributed by atoms with Gasteiger partial charge < -0.3 is 15.3 Å². The van der Waals surface area contributed by atoms with E-state index in [1.165, 1.54) is 0 Å². The molecule has 1 heterocycles. The van der Waals surface area contributed by atoms with Crippen LogP contribution in [0.2, 0.25) is 0 Å². The molecular weight excluding hydrogens is 266 g/mol. The first kappa shape index (κ1) is 15.8. The van der Waals surface area contributed by atoms with Gasteiger partial charge in [-0.15, -0.1) is 0 Å². The van der Waals surface area contributed by atoms with Gasteiger partial charge in [0.25, 0.3) is 5.91 Å². The SMILES string of the molecule is CCN(CC)c1ccc(C(=O)NC2CCC(O)CC2)cn1. The monoisotopic (exact) mass is 291 g/mol. The highest BCUT2D eigenvalue weighted by Gasteiger charge is 2.21. The van der Waals surface area contributed by atoms with Crippen molar-refractivity contribution in [3.63, 3.8) is 0 Å². The molecule has 0 atom stereocenters. The fraction of sp³-hybridized carbons (Fsp3) is 0.625. The van der Waals surface area contributed by atoms with E-state index < -0.39 is 0 Å². The molecule has 2 rings (SSSR count). The number of rotatable bonds is 5. The normalized spacial score (nSPS) is 21.9. The van der Waals surface area contributed by atoms with Crippen molar-refractivity contribution in [2.75, 3.05) is 18.0 Å². The van der Waals surface area contributed by atoms with Crippen LogP contribution in [0.1, 0.15) is 49.9 Å². The number of anilines is 1. The van der Waals surface area contributed by atoms with Crippen molar-refractivity contribution < 1.29 is 9.90 Å². The smallest absolute Gasteiger partial charge is 0.253 e. The molecule has 0 radical (unpaired) electrons. The van der Waals surface area contributed by atoms with Crippen LogP contribution in [0.25, 0.3) is 0 Å². The van der Waals surface area contributed by atoms with Crippen LogP contribution in [-0.4, -0.2) is 41.2 Å². The topological polar surface area (TPSA) is 65.5 Å². The standard InChI is InChI=1S/C16H25N3O2/c1-3-19(4-2)15-10-5-12(11-17-15)16(21)18-13-6-8-14(20)9-7-13/h5,10-11,13-14,20H,3-4,6-9H2,1-2H3,(H,18,21). The van der Waals surface area contributed by atoms with Gasteiger partial charge in [0, 0.05) is 25.3 Å². The van der Waals surface area contributed by atoms with E-state index in [1.54, 1.807) is 6.20 Å². The zero-order chi connectivity index (χ0) is 15.2. The minimum atomic E-state index is -0.201. The van der Waals surface area contributed by atoms with Crippen molar-refractivity contribution in [2.24, 2.45) is 0 Å². The summed E-state index contributed by atoms with van der Waals surface area (Å²) in [6, 6.07) is 3.89. The molecule has 0 aromatic carbocycles. The summed E-state index contributed by atoms with van der Waals surface area (Å²) in [7, 11) is 0. The van der Waals surface area contributed by atoms with Gasteiger partial charge >= 0.3 is 0 Å². The third kappa shape index (κ3) is 4.17. The summed E-state index contributed by atoms with van der Waals surface area (Å²) in [6.07, 6.45) is 4.66. The molecule has 1 aliphatic rings. The van der Waals surface area contributed by atoms with E-state index in [9.17, 15) is 9.90 Å². The molecule has 0 spiro atoms. The first-order chi connectivity index (χ1) is 10.1. The molecule has 0 bridgehead atoms. The number of aliphatic hydroxyl groups excluding tert-OH is 1. The largest absolute Gasteiger partial charge is 0.393 e. The lowest BCUT2D eigenvalue weighted by Crippen LogP contribution is -2.38. The van der Waals surface area contributed by atoms with Gasteiger partial charge in [-0.25, -0.2) is 4.98 Å². The lowest BCUT2D eigenvalue weighted by molar-refractivity contribution is 0.0867. The number of carbonyl (C=O) groups is 1. The predicted molar refractivity (Wildman–Crippen MR) is 83.5 cm³/mol. The molecule has 116 valence electrons. The molecule has 21 heavy (non-hydrogen) atoms. The van der Waals surface area contributed by atoms with Gasteiger partial charge in [-0.1, -0.05) is 0 Å². The maximum atomic E-state index is 12.2. The van der Waals surface area contributed by atoms with Gasteiger partial charge in [0.2, 0.25) is 0 Å². The number of hydrogen-bond donors (Lipinski definition) is 2. The number of hydrogen-bond acceptors (Lipinski definition) is 4. The molecule has 5 heteroatoms. The van der Waals surface area contributed by atoms with Crippen molar-refractivity contribution in [1.29, 1.82) is 0 Å². The molecule has 5 nitrogen and oxygen atoms in total. The first-order valence-corrected chi connectivity index (χ1v) is 7.84. The van der Waals surface area contributed by atoms with Crippen LogP contribution in [0, 0.1) is 0 Å². The zero-order valence-corrected chi connectivity index (χ0v) is 12.9. The minimum absolute atomic E-state index is 0.0741. The van der Waals surface area contributed by atoms with E-state index in [4.69, 9.17) is 0 Å². The number of carbonyl (C=O) groups excluding carboxylic acids is 1. The third-order valence-corrected chi connectivity index (χ3v) is 4.13. The van der Waals surface area contributed by atoms with E-state index in [1.807, 2.05) is 12.1 Å². The number of pyridine rings is 1. The average Bonchev–Trinajstić information content (AvgIpc) is 2.51. The Kier molecular flexibility index (Phi) is 5.56. The fourth-order valence-corrected chi connectivity index (χ4v) is 2.74. The van der Waals surface area contributed by atoms with Crippen molar-refractivity contribution in [2.45, 2.75) is 51.7 Å². The third-order valence-electron chi connectivity index (χ3n) is 4.13. The Hall–Kier alpha value is -1.62. The van der Waals surface area contributed by atoms with Gasteiger partial charge in [0.15, 0.2) is 0 Å². The highest BCUT2D eigenvalue weighted by molar-refractivity contribution is 5.94. The van der Waals surface area contributed by atoms with E-state index in [-0.39, 0.29) is 18.1 Å². The van der Waals surface area contributed by atoms with E-state index >= 15 is 0 Å². The fourth-order valence-electron chi connectivity index (χ4n) is 2.74. The van der Waals surface area contributed by atoms with Crippen LogP contribution in [-0.2, 0) is 0 Å². The molecule has 2 N–H and O–H groups in total. The van der Waals surface area contributed by atoms with Crippen LogP contribution in [0.4, 0.5) is 5.82 Å². The summed E-state index contributed by atoms with van der Waals surface area (Å²) in [5.41, 5.74) is 0.594. The zero-order valence-electron chi connectivity index (χ0n) is 12.9. The molecule has 0 saturated heterocycles. The molecule has 1 saturated carbocycles. The Bertz CT molecular complexity index is 449. The highest BCUT2D eigenvalue weighted by Crippen LogP contribution is 2.19. The van der Waals surface area contributed by atoms with Crippen LogP contribution < -0.4 is 10.2 Å². The second kappa shape index (κ2) is 7.41. The maximum Gasteiger partial charge on any atom is 0.253 e. The van der Waals surface area contributed by atoms with E-state index in [0.717, 1.165) is 44.6 Å². The first-order valence-electron chi connectivity index (χ1n) is 7.84. The number of amides is 1. The lowest BCUT2D eigenvalue weighted by atomic mass is 9.93. The molecule has 1 aliphatic carbocycles. The number of aromatic nitrogens is 1. The van der Waals surface area contributed by atoms with Gasteiger partial charge in [0.1, 0.15) is 5.82 Å². The Morgan fingerprint density at radius 2 is 1.95 bits per heavy atom. The summed E-state index contributed by atoms with van der Waals surface area (Å²) in [6.45, 7) is 5.98. The van der Waals surface area contributed by atoms with Gasteiger partial charge in [0.05, 0.1) is 11.7 Å². The lowest BCUT2D eigenvalue weighted by Gasteiger charge is -2.26. The second-order valence-electron chi connectivity index (χ2n) is 5.56.